The second-order valence-electron chi connectivity index (χ2n) is 6.23. The van der Waals surface area contributed by atoms with Crippen LogP contribution in [0, 0.1) is 10.1 Å². The zero-order valence-corrected chi connectivity index (χ0v) is 17.7. The number of carbonyl (C=O) groups excluding carboxylic acids is 1. The number of H-pyrrole nitrogens is 1. The molecule has 0 fully saturated rings. The Morgan fingerprint density at radius 1 is 1.09 bits per heavy atom. The van der Waals surface area contributed by atoms with Crippen LogP contribution in [-0.2, 0) is 4.79 Å². The van der Waals surface area contributed by atoms with Gasteiger partial charge in [0.2, 0.25) is 11.2 Å². The van der Waals surface area contributed by atoms with Gasteiger partial charge in [-0.05, 0) is 24.3 Å². The number of anilines is 2. The first-order valence-electron chi connectivity index (χ1n) is 8.44. The molecule has 13 heteroatoms. The number of hydrogen-bond acceptors (Lipinski definition) is 7. The van der Waals surface area contributed by atoms with Crippen molar-refractivity contribution in [2.75, 3.05) is 5.32 Å². The molecule has 0 amide bonds. The Labute approximate surface area is 192 Å². The number of non-ortho nitro benzene ring substituents is 1. The van der Waals surface area contributed by atoms with E-state index in [1.807, 2.05) is 0 Å². The minimum atomic E-state index is -1.82. The van der Waals surface area contributed by atoms with Crippen molar-refractivity contribution >= 4 is 74.7 Å². The predicted molar refractivity (Wildman–Crippen MR) is 119 cm³/mol. The summed E-state index contributed by atoms with van der Waals surface area (Å²) >= 11 is 18.1. The third-order valence-corrected chi connectivity index (χ3v) is 5.07. The van der Waals surface area contributed by atoms with E-state index in [2.05, 4.69) is 10.3 Å². The van der Waals surface area contributed by atoms with Crippen molar-refractivity contribution < 1.29 is 24.7 Å². The number of nitro benzene ring substituents is 1. The van der Waals surface area contributed by atoms with E-state index in [4.69, 9.17) is 39.9 Å². The van der Waals surface area contributed by atoms with Crippen LogP contribution >= 0.6 is 34.8 Å². The smallest absolute Gasteiger partial charge is 0.371 e. The molecule has 2 aromatic carbocycles. The quantitative estimate of drug-likeness (QED) is 0.123. The number of nitrogens with one attached hydrogen (secondary N) is 2. The number of ketones is 1. The number of fused-ring (bicyclic) bond motifs is 1. The molecule has 0 aliphatic rings. The number of aliphatic hydroxyl groups is 1. The molecule has 0 atom stereocenters. The maximum absolute atomic E-state index is 13.2. The van der Waals surface area contributed by atoms with Crippen molar-refractivity contribution in [2.24, 2.45) is 0 Å². The zero-order valence-electron chi connectivity index (χ0n) is 15.5. The first kappa shape index (κ1) is 23.1. The molecule has 0 radical (unpaired) electrons. The summed E-state index contributed by atoms with van der Waals surface area (Å²) in [6.07, 6.45) is 0.295. The number of rotatable bonds is 6. The fraction of sp³-hybridized carbons (Fsp3) is 0. The summed E-state index contributed by atoms with van der Waals surface area (Å²) in [6, 6.07) is 6.45. The standard InChI is InChI=1S/C19H10Cl3N3O7/c20-7-1-3-10(9(22)5-7)23-18-15(12(26)6-13(27)19(29)30)17(28)14-11(25(31)32)4-2-8(21)16(14)24-18/h1-6,27H,(H,29,30)(H2,23,24,28)/b13-6-. The average Bonchev–Trinajstić information content (AvgIpc) is 2.70. The largest absolute Gasteiger partial charge is 0.502 e. The van der Waals surface area contributed by atoms with Crippen LogP contribution in [0.5, 0.6) is 0 Å². The van der Waals surface area contributed by atoms with Crippen LogP contribution in [0.2, 0.25) is 15.1 Å². The van der Waals surface area contributed by atoms with E-state index in [1.165, 1.54) is 24.3 Å². The Morgan fingerprint density at radius 2 is 1.78 bits per heavy atom. The van der Waals surface area contributed by atoms with Gasteiger partial charge in [0.25, 0.3) is 5.69 Å². The van der Waals surface area contributed by atoms with Gasteiger partial charge in [-0.3, -0.25) is 19.7 Å². The lowest BCUT2D eigenvalue weighted by molar-refractivity contribution is -0.383. The Balaban J connectivity index is 2.38. The number of nitro groups is 1. The number of carboxylic acids is 1. The van der Waals surface area contributed by atoms with Gasteiger partial charge < -0.3 is 20.5 Å². The van der Waals surface area contributed by atoms with E-state index in [9.17, 15) is 29.6 Å². The second kappa shape index (κ2) is 8.87. The van der Waals surface area contributed by atoms with Gasteiger partial charge in [-0.2, -0.15) is 0 Å². The summed E-state index contributed by atoms with van der Waals surface area (Å²) in [5, 5.41) is 32.2. The molecule has 0 aliphatic heterocycles. The number of carboxylic acid groups (broad SMARTS) is 1. The lowest BCUT2D eigenvalue weighted by Crippen LogP contribution is -2.20. The maximum Gasteiger partial charge on any atom is 0.371 e. The Hall–Kier alpha value is -3.60. The third kappa shape index (κ3) is 4.37. The zero-order chi connectivity index (χ0) is 23.7. The van der Waals surface area contributed by atoms with E-state index in [1.54, 1.807) is 0 Å². The summed E-state index contributed by atoms with van der Waals surface area (Å²) in [6.45, 7) is 0. The fourth-order valence-electron chi connectivity index (χ4n) is 2.81. The van der Waals surface area contributed by atoms with E-state index < -0.39 is 44.5 Å². The van der Waals surface area contributed by atoms with Gasteiger partial charge in [-0.25, -0.2) is 4.79 Å². The van der Waals surface area contributed by atoms with Crippen LogP contribution in [0.3, 0.4) is 0 Å². The molecule has 0 unspecified atom stereocenters. The lowest BCUT2D eigenvalue weighted by Gasteiger charge is -2.14. The van der Waals surface area contributed by atoms with Gasteiger partial charge in [-0.1, -0.05) is 34.8 Å². The third-order valence-electron chi connectivity index (χ3n) is 4.21. The van der Waals surface area contributed by atoms with Crippen molar-refractivity contribution in [3.05, 3.63) is 83.1 Å². The molecule has 3 aromatic rings. The number of allylic oxidation sites excluding steroid dienone is 1. The highest BCUT2D eigenvalue weighted by atomic mass is 35.5. The molecule has 3 rings (SSSR count). The molecule has 0 saturated heterocycles. The molecular formula is C19H10Cl3N3O7. The van der Waals surface area contributed by atoms with Crippen LogP contribution in [0.15, 0.2) is 47.0 Å². The number of aliphatic hydroxyl groups excluding tert-OH is 1. The van der Waals surface area contributed by atoms with Gasteiger partial charge in [0.05, 0.1) is 26.2 Å². The van der Waals surface area contributed by atoms with Crippen molar-refractivity contribution in [1.82, 2.24) is 4.98 Å². The lowest BCUT2D eigenvalue weighted by atomic mass is 10.0. The summed E-state index contributed by atoms with van der Waals surface area (Å²) in [5.41, 5.74) is -2.45. The van der Waals surface area contributed by atoms with Gasteiger partial charge in [-0.15, -0.1) is 0 Å². The van der Waals surface area contributed by atoms with E-state index in [0.29, 0.717) is 11.1 Å². The SMILES string of the molecule is O=C(O)/C(O)=C/C(=O)c1c(Nc2ccc(Cl)cc2Cl)[nH]c2c(Cl)ccc([N+](=O)[O-])c2c1=O. The topological polar surface area (TPSA) is 163 Å². The number of halogens is 3. The first-order chi connectivity index (χ1) is 15.0. The Morgan fingerprint density at radius 3 is 2.38 bits per heavy atom. The van der Waals surface area contributed by atoms with E-state index >= 15 is 0 Å². The highest BCUT2D eigenvalue weighted by Crippen LogP contribution is 2.33. The van der Waals surface area contributed by atoms with Gasteiger partial charge in [0.1, 0.15) is 16.8 Å². The second-order valence-corrected chi connectivity index (χ2v) is 7.48. The molecule has 1 aromatic heterocycles. The highest BCUT2D eigenvalue weighted by molar-refractivity contribution is 6.37. The molecule has 10 nitrogen and oxygen atoms in total. The number of aromatic amines is 1. The van der Waals surface area contributed by atoms with Gasteiger partial charge >= 0.3 is 5.97 Å². The number of benzene rings is 2. The summed E-state index contributed by atoms with van der Waals surface area (Å²) in [5.74, 6) is -4.70. The van der Waals surface area contributed by atoms with Gasteiger partial charge in [0, 0.05) is 17.2 Å². The number of nitrogens with zero attached hydrogens (tertiary/aromatic N) is 1. The molecule has 0 saturated carbocycles. The number of aliphatic carboxylic acids is 1. The summed E-state index contributed by atoms with van der Waals surface area (Å²) in [4.78, 5) is 50.1. The van der Waals surface area contributed by atoms with E-state index in [-0.39, 0.29) is 27.1 Å². The predicted octanol–water partition coefficient (Wildman–Crippen LogP) is 4.85. The van der Waals surface area contributed by atoms with E-state index in [0.717, 1.165) is 6.07 Å². The van der Waals surface area contributed by atoms with Crippen LogP contribution < -0.4 is 10.7 Å². The van der Waals surface area contributed by atoms with Crippen LogP contribution in [0.1, 0.15) is 10.4 Å². The van der Waals surface area contributed by atoms with Crippen molar-refractivity contribution in [3.63, 3.8) is 0 Å². The first-order valence-corrected chi connectivity index (χ1v) is 9.58. The number of hydrogen-bond donors (Lipinski definition) is 4. The highest BCUT2D eigenvalue weighted by Gasteiger charge is 2.26. The monoisotopic (exact) mass is 497 g/mol. The van der Waals surface area contributed by atoms with Crippen LogP contribution in [-0.4, -0.2) is 31.9 Å². The molecule has 4 N–H and O–H groups in total. The Kier molecular flexibility index (Phi) is 6.40. The average molecular weight is 499 g/mol. The molecule has 0 bridgehead atoms. The maximum atomic E-state index is 13.2. The molecule has 164 valence electrons. The van der Waals surface area contributed by atoms with Crippen molar-refractivity contribution in [1.29, 1.82) is 0 Å². The summed E-state index contributed by atoms with van der Waals surface area (Å²) < 4.78 is 0. The van der Waals surface area contributed by atoms with Crippen molar-refractivity contribution in [2.45, 2.75) is 0 Å². The number of pyridine rings is 1. The molecule has 1 heterocycles. The summed E-state index contributed by atoms with van der Waals surface area (Å²) in [7, 11) is 0. The molecular weight excluding hydrogens is 489 g/mol. The van der Waals surface area contributed by atoms with Crippen molar-refractivity contribution in [3.8, 4) is 0 Å². The molecule has 0 spiro atoms. The molecule has 32 heavy (non-hydrogen) atoms. The van der Waals surface area contributed by atoms with Gasteiger partial charge in [0.15, 0.2) is 5.78 Å². The van der Waals surface area contributed by atoms with Crippen LogP contribution in [0.4, 0.5) is 17.2 Å². The minimum absolute atomic E-state index is 0.0594. The minimum Gasteiger partial charge on any atom is -0.502 e. The fourth-order valence-corrected chi connectivity index (χ4v) is 3.47. The Bertz CT molecular complexity index is 1400. The molecule has 0 aliphatic carbocycles. The number of aromatic nitrogens is 1. The van der Waals surface area contributed by atoms with Crippen LogP contribution in [0.25, 0.3) is 10.9 Å². The normalized spacial score (nSPS) is 11.4. The number of carbonyl (C=O) groups is 2.